The number of carboxylic acids is 1. The van der Waals surface area contributed by atoms with Crippen molar-refractivity contribution >= 4 is 27.5 Å². The van der Waals surface area contributed by atoms with Gasteiger partial charge in [-0.05, 0) is 43.4 Å². The van der Waals surface area contributed by atoms with Crippen LogP contribution in [-0.4, -0.2) is 16.1 Å². The second-order valence-electron chi connectivity index (χ2n) is 6.59. The summed E-state index contributed by atoms with van der Waals surface area (Å²) in [6, 6.07) is 5.26. The number of carboxylic acid groups (broad SMARTS) is 1. The maximum atomic E-state index is 11.1. The zero-order valence-corrected chi connectivity index (χ0v) is 13.4. The number of aromatic nitrogens is 1. The average molecular weight is 303 g/mol. The zero-order chi connectivity index (χ0) is 15.0. The summed E-state index contributed by atoms with van der Waals surface area (Å²) in [7, 11) is 0. The second kappa shape index (κ2) is 5.41. The van der Waals surface area contributed by atoms with Gasteiger partial charge in [-0.2, -0.15) is 0 Å². The Morgan fingerprint density at radius 3 is 2.71 bits per heavy atom. The summed E-state index contributed by atoms with van der Waals surface area (Å²) >= 11 is 1.69. The Hall–Kier alpha value is -1.42. The van der Waals surface area contributed by atoms with Gasteiger partial charge < -0.3 is 5.11 Å². The lowest BCUT2D eigenvalue weighted by molar-refractivity contribution is 0.0697. The number of benzene rings is 1. The summed E-state index contributed by atoms with van der Waals surface area (Å²) < 4.78 is 1.000. The molecule has 1 saturated carbocycles. The molecule has 1 aromatic carbocycles. The SMILES string of the molecule is CC(C)CC1(c2nc3ccc(C(=O)O)cc3s2)CCCC1. The molecule has 1 heterocycles. The first-order chi connectivity index (χ1) is 10.00. The molecule has 0 unspecified atom stereocenters. The molecule has 0 spiro atoms. The van der Waals surface area contributed by atoms with Gasteiger partial charge in [-0.15, -0.1) is 11.3 Å². The summed E-state index contributed by atoms with van der Waals surface area (Å²) in [6.45, 7) is 4.55. The van der Waals surface area contributed by atoms with E-state index in [1.54, 1.807) is 23.5 Å². The molecular weight excluding hydrogens is 282 g/mol. The van der Waals surface area contributed by atoms with Crippen LogP contribution in [0.3, 0.4) is 0 Å². The standard InChI is InChI=1S/C17H21NO2S/c1-11(2)10-17(7-3-4-8-17)16-18-13-6-5-12(15(19)20)9-14(13)21-16/h5-6,9,11H,3-4,7-8,10H2,1-2H3,(H,19,20). The minimum Gasteiger partial charge on any atom is -0.478 e. The highest BCUT2D eigenvalue weighted by Crippen LogP contribution is 2.47. The van der Waals surface area contributed by atoms with Crippen molar-refractivity contribution in [3.05, 3.63) is 28.8 Å². The monoisotopic (exact) mass is 303 g/mol. The largest absolute Gasteiger partial charge is 0.478 e. The van der Waals surface area contributed by atoms with Crippen LogP contribution >= 0.6 is 11.3 Å². The Labute approximate surface area is 129 Å². The van der Waals surface area contributed by atoms with Crippen LogP contribution in [-0.2, 0) is 5.41 Å². The Balaban J connectivity index is 2.04. The molecule has 0 amide bonds. The van der Waals surface area contributed by atoms with E-state index in [4.69, 9.17) is 10.1 Å². The molecule has 0 atom stereocenters. The summed E-state index contributed by atoms with van der Waals surface area (Å²) in [5.41, 5.74) is 1.51. The molecule has 1 aliphatic carbocycles. The Bertz CT molecular complexity index is 668. The molecule has 4 heteroatoms. The number of aromatic carboxylic acids is 1. The second-order valence-corrected chi connectivity index (χ2v) is 7.62. The highest BCUT2D eigenvalue weighted by atomic mass is 32.1. The lowest BCUT2D eigenvalue weighted by atomic mass is 9.79. The lowest BCUT2D eigenvalue weighted by Gasteiger charge is -2.28. The summed E-state index contributed by atoms with van der Waals surface area (Å²) in [6.07, 6.45) is 6.18. The third-order valence-corrected chi connectivity index (χ3v) is 5.71. The highest BCUT2D eigenvalue weighted by molar-refractivity contribution is 7.18. The summed E-state index contributed by atoms with van der Waals surface area (Å²) in [5, 5.41) is 10.3. The van der Waals surface area contributed by atoms with Crippen LogP contribution in [0.5, 0.6) is 0 Å². The zero-order valence-electron chi connectivity index (χ0n) is 12.6. The number of carbonyl (C=O) groups is 1. The maximum absolute atomic E-state index is 11.1. The fourth-order valence-corrected chi connectivity index (χ4v) is 4.88. The van der Waals surface area contributed by atoms with Crippen molar-refractivity contribution in [3.63, 3.8) is 0 Å². The van der Waals surface area contributed by atoms with Gasteiger partial charge in [0.15, 0.2) is 0 Å². The van der Waals surface area contributed by atoms with Crippen molar-refractivity contribution in [2.75, 3.05) is 0 Å². The van der Waals surface area contributed by atoms with Crippen molar-refractivity contribution in [2.45, 2.75) is 51.4 Å². The molecule has 1 N–H and O–H groups in total. The van der Waals surface area contributed by atoms with Crippen LogP contribution in [0, 0.1) is 5.92 Å². The number of nitrogens with zero attached hydrogens (tertiary/aromatic N) is 1. The van der Waals surface area contributed by atoms with Crippen molar-refractivity contribution in [1.29, 1.82) is 0 Å². The molecule has 21 heavy (non-hydrogen) atoms. The smallest absolute Gasteiger partial charge is 0.335 e. The Kier molecular flexibility index (Phi) is 3.74. The van der Waals surface area contributed by atoms with E-state index in [1.807, 2.05) is 6.07 Å². The molecule has 112 valence electrons. The van der Waals surface area contributed by atoms with Gasteiger partial charge in [0.25, 0.3) is 0 Å². The molecule has 0 bridgehead atoms. The van der Waals surface area contributed by atoms with Crippen LogP contribution in [0.1, 0.15) is 61.3 Å². The van der Waals surface area contributed by atoms with E-state index in [9.17, 15) is 4.79 Å². The minimum atomic E-state index is -0.871. The molecule has 3 rings (SSSR count). The van der Waals surface area contributed by atoms with Gasteiger partial charge in [-0.3, -0.25) is 0 Å². The Morgan fingerprint density at radius 1 is 1.38 bits per heavy atom. The van der Waals surface area contributed by atoms with E-state index < -0.39 is 5.97 Å². The normalized spacial score (nSPS) is 17.7. The predicted octanol–water partition coefficient (Wildman–Crippen LogP) is 4.85. The molecule has 1 fully saturated rings. The van der Waals surface area contributed by atoms with Gasteiger partial charge in [0.2, 0.25) is 0 Å². The third-order valence-electron chi connectivity index (χ3n) is 4.45. The van der Waals surface area contributed by atoms with Crippen LogP contribution < -0.4 is 0 Å². The maximum Gasteiger partial charge on any atom is 0.335 e. The summed E-state index contributed by atoms with van der Waals surface area (Å²) in [5.74, 6) is -0.214. The predicted molar refractivity (Wildman–Crippen MR) is 86.2 cm³/mol. The van der Waals surface area contributed by atoms with Crippen LogP contribution in [0.4, 0.5) is 0 Å². The fourth-order valence-electron chi connectivity index (χ4n) is 3.62. The fraction of sp³-hybridized carbons (Fsp3) is 0.529. The molecule has 0 aliphatic heterocycles. The molecule has 2 aromatic rings. The molecule has 3 nitrogen and oxygen atoms in total. The first-order valence-corrected chi connectivity index (χ1v) is 8.46. The number of fused-ring (bicyclic) bond motifs is 1. The van der Waals surface area contributed by atoms with E-state index in [1.165, 1.54) is 37.1 Å². The van der Waals surface area contributed by atoms with Gasteiger partial charge in [0, 0.05) is 5.41 Å². The molecular formula is C17H21NO2S. The lowest BCUT2D eigenvalue weighted by Crippen LogP contribution is -2.24. The molecule has 0 radical (unpaired) electrons. The Morgan fingerprint density at radius 2 is 2.10 bits per heavy atom. The highest BCUT2D eigenvalue weighted by Gasteiger charge is 2.38. The van der Waals surface area contributed by atoms with E-state index in [0.717, 1.165) is 10.2 Å². The first-order valence-electron chi connectivity index (χ1n) is 7.64. The van der Waals surface area contributed by atoms with E-state index in [-0.39, 0.29) is 5.41 Å². The van der Waals surface area contributed by atoms with Gasteiger partial charge in [-0.1, -0.05) is 26.7 Å². The van der Waals surface area contributed by atoms with Crippen LogP contribution in [0.2, 0.25) is 0 Å². The quantitative estimate of drug-likeness (QED) is 0.878. The number of hydrogen-bond acceptors (Lipinski definition) is 3. The molecule has 1 aromatic heterocycles. The van der Waals surface area contributed by atoms with Crippen molar-refractivity contribution in [3.8, 4) is 0 Å². The number of thiazole rings is 1. The van der Waals surface area contributed by atoms with Gasteiger partial charge >= 0.3 is 5.97 Å². The number of hydrogen-bond donors (Lipinski definition) is 1. The van der Waals surface area contributed by atoms with Crippen LogP contribution in [0.15, 0.2) is 18.2 Å². The van der Waals surface area contributed by atoms with Gasteiger partial charge in [0.05, 0.1) is 20.8 Å². The van der Waals surface area contributed by atoms with Gasteiger partial charge in [0.1, 0.15) is 0 Å². The van der Waals surface area contributed by atoms with E-state index in [2.05, 4.69) is 13.8 Å². The van der Waals surface area contributed by atoms with Crippen molar-refractivity contribution in [2.24, 2.45) is 5.92 Å². The minimum absolute atomic E-state index is 0.223. The van der Waals surface area contributed by atoms with Crippen LogP contribution in [0.25, 0.3) is 10.2 Å². The topological polar surface area (TPSA) is 50.2 Å². The van der Waals surface area contributed by atoms with E-state index in [0.29, 0.717) is 11.5 Å². The first kappa shape index (κ1) is 14.5. The van der Waals surface area contributed by atoms with E-state index >= 15 is 0 Å². The average Bonchev–Trinajstić information content (AvgIpc) is 3.03. The summed E-state index contributed by atoms with van der Waals surface area (Å²) in [4.78, 5) is 15.9. The van der Waals surface area contributed by atoms with Gasteiger partial charge in [-0.25, -0.2) is 9.78 Å². The molecule has 0 saturated heterocycles. The number of rotatable bonds is 4. The van der Waals surface area contributed by atoms with Crippen molar-refractivity contribution in [1.82, 2.24) is 4.98 Å². The molecule has 1 aliphatic rings. The van der Waals surface area contributed by atoms with Crippen molar-refractivity contribution < 1.29 is 9.90 Å². The third kappa shape index (κ3) is 2.69.